The van der Waals surface area contributed by atoms with Gasteiger partial charge in [-0.2, -0.15) is 0 Å². The van der Waals surface area contributed by atoms with Gasteiger partial charge in [-0.05, 0) is 23.8 Å². The molecular formula is C19H15N3O3S2. The number of carbonyl (C=O) groups excluding carboxylic acids is 1. The third-order valence-electron chi connectivity index (χ3n) is 3.91. The number of hydrogen-bond acceptors (Lipinski definition) is 6. The Morgan fingerprint density at radius 3 is 2.74 bits per heavy atom. The number of carbonyl (C=O) groups is 1. The molecule has 1 amide bonds. The average molecular weight is 397 g/mol. The lowest BCUT2D eigenvalue weighted by atomic mass is 10.2. The van der Waals surface area contributed by atoms with Crippen molar-refractivity contribution in [3.8, 4) is 10.4 Å². The Bertz CT molecular complexity index is 1150. The molecule has 0 unspecified atom stereocenters. The summed E-state index contributed by atoms with van der Waals surface area (Å²) in [7, 11) is 0. The Hall–Kier alpha value is -2.84. The van der Waals surface area contributed by atoms with Gasteiger partial charge in [-0.1, -0.05) is 42.1 Å². The van der Waals surface area contributed by atoms with Crippen molar-refractivity contribution < 1.29 is 9.21 Å². The second kappa shape index (κ2) is 7.42. The molecule has 0 fully saturated rings. The second-order valence-electron chi connectivity index (χ2n) is 5.82. The highest BCUT2D eigenvalue weighted by atomic mass is 32.2. The quantitative estimate of drug-likeness (QED) is 0.398. The van der Waals surface area contributed by atoms with Gasteiger partial charge in [0.2, 0.25) is 5.91 Å². The lowest BCUT2D eigenvalue weighted by molar-refractivity contribution is -0.115. The van der Waals surface area contributed by atoms with Crippen LogP contribution in [-0.4, -0.2) is 21.2 Å². The summed E-state index contributed by atoms with van der Waals surface area (Å²) in [6.45, 7) is 0.242. The van der Waals surface area contributed by atoms with Gasteiger partial charge in [-0.3, -0.25) is 14.2 Å². The highest BCUT2D eigenvalue weighted by Crippen LogP contribution is 2.32. The molecule has 0 radical (unpaired) electrons. The minimum atomic E-state index is -0.463. The highest BCUT2D eigenvalue weighted by Gasteiger charge is 2.17. The maximum atomic E-state index is 13.1. The molecule has 6 nitrogen and oxygen atoms in total. The average Bonchev–Trinajstić information content (AvgIpc) is 3.33. The number of benzene rings is 1. The van der Waals surface area contributed by atoms with Crippen LogP contribution in [0.5, 0.6) is 0 Å². The predicted molar refractivity (Wildman–Crippen MR) is 107 cm³/mol. The zero-order valence-corrected chi connectivity index (χ0v) is 15.8. The van der Waals surface area contributed by atoms with Crippen LogP contribution in [0.25, 0.3) is 20.7 Å². The Labute approximate surface area is 162 Å². The Morgan fingerprint density at radius 2 is 2.04 bits per heavy atom. The number of amides is 1. The van der Waals surface area contributed by atoms with Crippen molar-refractivity contribution in [2.45, 2.75) is 11.7 Å². The van der Waals surface area contributed by atoms with Crippen LogP contribution < -0.4 is 11.3 Å². The van der Waals surface area contributed by atoms with E-state index in [-0.39, 0.29) is 17.9 Å². The molecule has 0 saturated heterocycles. The summed E-state index contributed by atoms with van der Waals surface area (Å²) < 4.78 is 6.90. The van der Waals surface area contributed by atoms with Gasteiger partial charge in [0.15, 0.2) is 5.16 Å². The maximum absolute atomic E-state index is 13.1. The minimum Gasteiger partial charge on any atom is -0.467 e. The summed E-state index contributed by atoms with van der Waals surface area (Å²) in [5.41, 5.74) is 6.13. The molecule has 136 valence electrons. The molecule has 0 spiro atoms. The van der Waals surface area contributed by atoms with Crippen LogP contribution in [0.3, 0.4) is 0 Å². The molecule has 1 aromatic carbocycles. The maximum Gasteiger partial charge on any atom is 0.263 e. The number of fused-ring (bicyclic) bond motifs is 1. The van der Waals surface area contributed by atoms with Gasteiger partial charge in [-0.15, -0.1) is 11.3 Å². The first-order valence-corrected chi connectivity index (χ1v) is 9.95. The number of thiophene rings is 1. The van der Waals surface area contributed by atoms with Crippen molar-refractivity contribution in [3.63, 3.8) is 0 Å². The van der Waals surface area contributed by atoms with Crippen molar-refractivity contribution in [1.29, 1.82) is 0 Å². The van der Waals surface area contributed by atoms with Crippen molar-refractivity contribution >= 4 is 39.2 Å². The summed E-state index contributed by atoms with van der Waals surface area (Å²) >= 11 is 2.61. The fraction of sp³-hybridized carbons (Fsp3) is 0.105. The number of primary amides is 1. The third kappa shape index (κ3) is 3.67. The number of thioether (sulfide) groups is 1. The van der Waals surface area contributed by atoms with Crippen LogP contribution >= 0.6 is 23.1 Å². The molecule has 0 aliphatic rings. The molecule has 8 heteroatoms. The molecule has 4 rings (SSSR count). The molecule has 0 bridgehead atoms. The fourth-order valence-electron chi connectivity index (χ4n) is 2.69. The topological polar surface area (TPSA) is 91.1 Å². The lowest BCUT2D eigenvalue weighted by Crippen LogP contribution is -2.24. The number of nitrogens with two attached hydrogens (primary N) is 1. The lowest BCUT2D eigenvalue weighted by Gasteiger charge is -2.09. The first-order valence-electron chi connectivity index (χ1n) is 8.15. The first kappa shape index (κ1) is 17.6. The van der Waals surface area contributed by atoms with E-state index in [4.69, 9.17) is 10.2 Å². The Kier molecular flexibility index (Phi) is 4.83. The van der Waals surface area contributed by atoms with Crippen molar-refractivity contribution in [3.05, 3.63) is 70.9 Å². The van der Waals surface area contributed by atoms with Gasteiger partial charge in [0.25, 0.3) is 5.56 Å². The summed E-state index contributed by atoms with van der Waals surface area (Å²) in [6, 6.07) is 15.3. The van der Waals surface area contributed by atoms with Gasteiger partial charge in [0.05, 0.1) is 23.9 Å². The highest BCUT2D eigenvalue weighted by molar-refractivity contribution is 7.99. The smallest absolute Gasteiger partial charge is 0.263 e. The summed E-state index contributed by atoms with van der Waals surface area (Å²) in [4.78, 5) is 30.6. The van der Waals surface area contributed by atoms with E-state index < -0.39 is 5.91 Å². The standard InChI is InChI=1S/C19H15N3O3S2/c20-16(23)11-26-19-21-17-14(9-15(27-17)12-5-2-1-3-6-12)18(24)22(19)10-13-7-4-8-25-13/h1-9H,10-11H2,(H2,20,23). The molecule has 0 aliphatic carbocycles. The summed E-state index contributed by atoms with van der Waals surface area (Å²) in [5.74, 6) is 0.222. The van der Waals surface area contributed by atoms with E-state index in [0.717, 1.165) is 22.2 Å². The molecule has 0 atom stereocenters. The van der Waals surface area contributed by atoms with E-state index in [9.17, 15) is 9.59 Å². The van der Waals surface area contributed by atoms with E-state index >= 15 is 0 Å². The van der Waals surface area contributed by atoms with E-state index in [1.165, 1.54) is 15.9 Å². The fourth-order valence-corrected chi connectivity index (χ4v) is 4.50. The van der Waals surface area contributed by atoms with Crippen LogP contribution in [-0.2, 0) is 11.3 Å². The van der Waals surface area contributed by atoms with E-state index in [1.54, 1.807) is 18.4 Å². The van der Waals surface area contributed by atoms with Gasteiger partial charge in [-0.25, -0.2) is 4.98 Å². The zero-order chi connectivity index (χ0) is 18.8. The molecule has 27 heavy (non-hydrogen) atoms. The van der Waals surface area contributed by atoms with Crippen molar-refractivity contribution in [1.82, 2.24) is 9.55 Å². The molecule has 3 aromatic heterocycles. The normalized spacial score (nSPS) is 11.1. The van der Waals surface area contributed by atoms with Crippen molar-refractivity contribution in [2.75, 3.05) is 5.75 Å². The molecule has 0 saturated carbocycles. The Morgan fingerprint density at radius 1 is 1.22 bits per heavy atom. The number of furan rings is 1. The van der Waals surface area contributed by atoms with E-state index in [0.29, 0.717) is 21.1 Å². The number of aromatic nitrogens is 2. The largest absolute Gasteiger partial charge is 0.467 e. The van der Waals surface area contributed by atoms with Gasteiger partial charge in [0, 0.05) is 4.88 Å². The van der Waals surface area contributed by atoms with Crippen LogP contribution in [0.15, 0.2) is 69.2 Å². The number of hydrogen-bond donors (Lipinski definition) is 1. The van der Waals surface area contributed by atoms with E-state index in [1.807, 2.05) is 36.4 Å². The summed E-state index contributed by atoms with van der Waals surface area (Å²) in [6.07, 6.45) is 1.56. The molecule has 4 aromatic rings. The number of rotatable bonds is 6. The van der Waals surface area contributed by atoms with Crippen LogP contribution in [0, 0.1) is 0 Å². The van der Waals surface area contributed by atoms with Gasteiger partial charge >= 0.3 is 0 Å². The second-order valence-corrected chi connectivity index (χ2v) is 7.79. The van der Waals surface area contributed by atoms with Gasteiger partial charge in [0.1, 0.15) is 10.6 Å². The van der Waals surface area contributed by atoms with Crippen molar-refractivity contribution in [2.24, 2.45) is 5.73 Å². The number of nitrogens with zero attached hydrogens (tertiary/aromatic N) is 2. The molecule has 2 N–H and O–H groups in total. The van der Waals surface area contributed by atoms with Crippen LogP contribution in [0.2, 0.25) is 0 Å². The first-order chi connectivity index (χ1) is 13.1. The Balaban J connectivity index is 1.84. The zero-order valence-electron chi connectivity index (χ0n) is 14.1. The third-order valence-corrected chi connectivity index (χ3v) is 5.99. The van der Waals surface area contributed by atoms with E-state index in [2.05, 4.69) is 4.98 Å². The monoisotopic (exact) mass is 397 g/mol. The predicted octanol–water partition coefficient (Wildman–Crippen LogP) is 3.34. The molecular weight excluding hydrogens is 382 g/mol. The van der Waals surface area contributed by atoms with Crippen LogP contribution in [0.1, 0.15) is 5.76 Å². The SMILES string of the molecule is NC(=O)CSc1nc2sc(-c3ccccc3)cc2c(=O)n1Cc1ccco1. The molecule has 3 heterocycles. The van der Waals surface area contributed by atoms with Crippen LogP contribution in [0.4, 0.5) is 0 Å². The summed E-state index contributed by atoms with van der Waals surface area (Å²) in [5, 5.41) is 0.998. The molecule has 0 aliphatic heterocycles. The van der Waals surface area contributed by atoms with Gasteiger partial charge < -0.3 is 10.2 Å². The minimum absolute atomic E-state index is 0.0486.